The molecule has 0 saturated heterocycles. The zero-order valence-electron chi connectivity index (χ0n) is 10.6. The van der Waals surface area contributed by atoms with E-state index in [1.807, 2.05) is 13.1 Å². The molecule has 0 radical (unpaired) electrons. The van der Waals surface area contributed by atoms with E-state index in [0.29, 0.717) is 6.04 Å². The van der Waals surface area contributed by atoms with Gasteiger partial charge in [-0.15, -0.1) is 0 Å². The van der Waals surface area contributed by atoms with Gasteiger partial charge in [0.1, 0.15) is 5.75 Å². The molecule has 0 aliphatic heterocycles. The van der Waals surface area contributed by atoms with Crippen molar-refractivity contribution in [3.8, 4) is 5.75 Å². The maximum absolute atomic E-state index is 5.22. The number of benzene rings is 1. The van der Waals surface area contributed by atoms with Crippen molar-refractivity contribution in [3.05, 3.63) is 29.8 Å². The highest BCUT2D eigenvalue weighted by Gasteiger charge is 2.05. The van der Waals surface area contributed by atoms with E-state index in [4.69, 9.17) is 4.74 Å². The number of nitrogens with one attached hydrogen (secondary N) is 1. The van der Waals surface area contributed by atoms with Gasteiger partial charge in [0.15, 0.2) is 0 Å². The summed E-state index contributed by atoms with van der Waals surface area (Å²) in [5.41, 5.74) is 1.36. The predicted octanol–water partition coefficient (Wildman–Crippen LogP) is 3.02. The summed E-state index contributed by atoms with van der Waals surface area (Å²) in [6.45, 7) is 2.23. The predicted molar refractivity (Wildman–Crippen MR) is 69.1 cm³/mol. The third-order valence-corrected chi connectivity index (χ3v) is 2.96. The zero-order chi connectivity index (χ0) is 11.8. The molecule has 1 rings (SSSR count). The molecule has 0 aliphatic rings. The molecule has 1 aromatic rings. The molecule has 1 atom stereocenters. The number of methoxy groups -OCH3 is 1. The van der Waals surface area contributed by atoms with E-state index in [-0.39, 0.29) is 0 Å². The Labute approximate surface area is 99.0 Å². The third-order valence-electron chi connectivity index (χ3n) is 2.96. The normalized spacial score (nSPS) is 12.4. The van der Waals surface area contributed by atoms with Gasteiger partial charge in [0.05, 0.1) is 7.11 Å². The summed E-state index contributed by atoms with van der Waals surface area (Å²) < 4.78 is 5.22. The lowest BCUT2D eigenvalue weighted by molar-refractivity contribution is 0.414. The van der Waals surface area contributed by atoms with Gasteiger partial charge in [0.25, 0.3) is 0 Å². The second kappa shape index (κ2) is 7.29. The first-order valence-corrected chi connectivity index (χ1v) is 6.10. The van der Waals surface area contributed by atoms with Gasteiger partial charge >= 0.3 is 0 Å². The van der Waals surface area contributed by atoms with Gasteiger partial charge in [-0.2, -0.15) is 0 Å². The summed E-state index contributed by atoms with van der Waals surface area (Å²) in [6, 6.07) is 8.98. The molecule has 0 fully saturated rings. The quantitative estimate of drug-likeness (QED) is 0.764. The maximum atomic E-state index is 5.22. The van der Waals surface area contributed by atoms with E-state index < -0.39 is 0 Å². The summed E-state index contributed by atoms with van der Waals surface area (Å²) >= 11 is 0. The molecule has 1 N–H and O–H groups in total. The topological polar surface area (TPSA) is 21.3 Å². The average molecular weight is 221 g/mol. The van der Waals surface area contributed by atoms with Crippen LogP contribution in [0, 0.1) is 0 Å². The average Bonchev–Trinajstić information content (AvgIpc) is 2.34. The van der Waals surface area contributed by atoms with Gasteiger partial charge in [-0.25, -0.2) is 0 Å². The standard InChI is InChI=1S/C14H23NO/c1-4-6-13(15-2)10-9-12-7-5-8-14(11-12)16-3/h5,7-8,11,13,15H,4,6,9-10H2,1-3H3. The van der Waals surface area contributed by atoms with Crippen LogP contribution in [0.15, 0.2) is 24.3 Å². The highest BCUT2D eigenvalue weighted by atomic mass is 16.5. The summed E-state index contributed by atoms with van der Waals surface area (Å²) in [4.78, 5) is 0. The van der Waals surface area contributed by atoms with Gasteiger partial charge in [0, 0.05) is 6.04 Å². The Morgan fingerprint density at radius 3 is 2.75 bits per heavy atom. The highest BCUT2D eigenvalue weighted by Crippen LogP contribution is 2.15. The van der Waals surface area contributed by atoms with E-state index in [1.165, 1.54) is 24.8 Å². The molecule has 0 amide bonds. The zero-order valence-corrected chi connectivity index (χ0v) is 10.6. The Balaban J connectivity index is 2.46. The van der Waals surface area contributed by atoms with Crippen LogP contribution in [0.5, 0.6) is 5.75 Å². The number of aryl methyl sites for hydroxylation is 1. The lowest BCUT2D eigenvalue weighted by Crippen LogP contribution is -2.25. The van der Waals surface area contributed by atoms with E-state index >= 15 is 0 Å². The fraction of sp³-hybridized carbons (Fsp3) is 0.571. The van der Waals surface area contributed by atoms with Gasteiger partial charge in [-0.1, -0.05) is 25.5 Å². The number of ether oxygens (including phenoxy) is 1. The van der Waals surface area contributed by atoms with Crippen molar-refractivity contribution >= 4 is 0 Å². The second-order valence-corrected chi connectivity index (χ2v) is 4.16. The Kier molecular flexibility index (Phi) is 5.94. The Morgan fingerprint density at radius 2 is 2.12 bits per heavy atom. The Morgan fingerprint density at radius 1 is 1.31 bits per heavy atom. The number of hydrogen-bond donors (Lipinski definition) is 1. The van der Waals surface area contributed by atoms with Crippen molar-refractivity contribution in [2.45, 2.75) is 38.6 Å². The molecule has 0 aliphatic carbocycles. The molecule has 16 heavy (non-hydrogen) atoms. The smallest absolute Gasteiger partial charge is 0.119 e. The largest absolute Gasteiger partial charge is 0.497 e. The SMILES string of the molecule is CCCC(CCc1cccc(OC)c1)NC. The van der Waals surface area contributed by atoms with Crippen LogP contribution in [0.25, 0.3) is 0 Å². The molecule has 0 heterocycles. The van der Waals surface area contributed by atoms with Crippen molar-refractivity contribution in [1.82, 2.24) is 5.32 Å². The molecular formula is C14H23NO. The van der Waals surface area contributed by atoms with Crippen LogP contribution in [-0.2, 0) is 6.42 Å². The van der Waals surface area contributed by atoms with Crippen LogP contribution >= 0.6 is 0 Å². The molecule has 1 aromatic carbocycles. The fourth-order valence-electron chi connectivity index (χ4n) is 1.95. The molecule has 0 spiro atoms. The van der Waals surface area contributed by atoms with E-state index in [2.05, 4.69) is 30.4 Å². The van der Waals surface area contributed by atoms with Crippen LogP contribution in [0.2, 0.25) is 0 Å². The van der Waals surface area contributed by atoms with E-state index in [9.17, 15) is 0 Å². The molecule has 2 nitrogen and oxygen atoms in total. The van der Waals surface area contributed by atoms with Crippen molar-refractivity contribution in [3.63, 3.8) is 0 Å². The van der Waals surface area contributed by atoms with Gasteiger partial charge in [-0.05, 0) is 44.0 Å². The van der Waals surface area contributed by atoms with Crippen molar-refractivity contribution in [2.24, 2.45) is 0 Å². The number of hydrogen-bond acceptors (Lipinski definition) is 2. The lowest BCUT2D eigenvalue weighted by Gasteiger charge is -2.15. The monoisotopic (exact) mass is 221 g/mol. The molecule has 0 bridgehead atoms. The minimum Gasteiger partial charge on any atom is -0.497 e. The van der Waals surface area contributed by atoms with Gasteiger partial charge in [-0.3, -0.25) is 0 Å². The first-order chi connectivity index (χ1) is 7.80. The number of rotatable bonds is 7. The summed E-state index contributed by atoms with van der Waals surface area (Å²) in [6.07, 6.45) is 4.80. The van der Waals surface area contributed by atoms with Crippen molar-refractivity contribution in [2.75, 3.05) is 14.2 Å². The lowest BCUT2D eigenvalue weighted by atomic mass is 10.0. The summed E-state index contributed by atoms with van der Waals surface area (Å²) in [5.74, 6) is 0.953. The van der Waals surface area contributed by atoms with E-state index in [1.54, 1.807) is 7.11 Å². The first-order valence-electron chi connectivity index (χ1n) is 6.10. The fourth-order valence-corrected chi connectivity index (χ4v) is 1.95. The first kappa shape index (κ1) is 13.0. The summed E-state index contributed by atoms with van der Waals surface area (Å²) in [7, 11) is 3.76. The van der Waals surface area contributed by atoms with Gasteiger partial charge in [0.2, 0.25) is 0 Å². The molecule has 0 aromatic heterocycles. The molecule has 90 valence electrons. The summed E-state index contributed by atoms with van der Waals surface area (Å²) in [5, 5.41) is 3.37. The van der Waals surface area contributed by atoms with Crippen LogP contribution in [-0.4, -0.2) is 20.2 Å². The van der Waals surface area contributed by atoms with E-state index in [0.717, 1.165) is 12.2 Å². The second-order valence-electron chi connectivity index (χ2n) is 4.16. The Hall–Kier alpha value is -1.02. The van der Waals surface area contributed by atoms with Crippen LogP contribution in [0.3, 0.4) is 0 Å². The Bertz CT molecular complexity index is 299. The molecule has 1 unspecified atom stereocenters. The molecule has 2 heteroatoms. The minimum absolute atomic E-state index is 0.635. The van der Waals surface area contributed by atoms with Crippen LogP contribution < -0.4 is 10.1 Å². The molecular weight excluding hydrogens is 198 g/mol. The van der Waals surface area contributed by atoms with Crippen molar-refractivity contribution in [1.29, 1.82) is 0 Å². The van der Waals surface area contributed by atoms with Crippen LogP contribution in [0.1, 0.15) is 31.7 Å². The minimum atomic E-state index is 0.635. The molecule has 0 saturated carbocycles. The third kappa shape index (κ3) is 4.23. The maximum Gasteiger partial charge on any atom is 0.119 e. The van der Waals surface area contributed by atoms with Crippen molar-refractivity contribution < 1.29 is 4.74 Å². The van der Waals surface area contributed by atoms with Crippen LogP contribution in [0.4, 0.5) is 0 Å². The van der Waals surface area contributed by atoms with Gasteiger partial charge < -0.3 is 10.1 Å². The highest BCUT2D eigenvalue weighted by molar-refractivity contribution is 5.28.